The molecule has 7 heteroatoms. The minimum atomic E-state index is -0.494. The first-order valence-electron chi connectivity index (χ1n) is 12.6. The number of ether oxygens (including phenoxy) is 1. The topological polar surface area (TPSA) is 60.2 Å². The Morgan fingerprint density at radius 1 is 1.14 bits per heavy atom. The first-order valence-corrected chi connectivity index (χ1v) is 13.0. The number of likely N-dealkylation sites (tertiary alicyclic amines) is 1. The molecular weight excluding hydrogens is 472 g/mol. The van der Waals surface area contributed by atoms with Crippen LogP contribution in [0.25, 0.3) is 11.6 Å². The molecule has 6 nitrogen and oxygen atoms in total. The molecule has 0 spiro atoms. The van der Waals surface area contributed by atoms with Crippen molar-refractivity contribution in [3.05, 3.63) is 82.2 Å². The Morgan fingerprint density at radius 3 is 2.61 bits per heavy atom. The van der Waals surface area contributed by atoms with Crippen LogP contribution in [-0.4, -0.2) is 44.2 Å². The fourth-order valence-corrected chi connectivity index (χ4v) is 5.58. The fourth-order valence-electron chi connectivity index (χ4n) is 5.41. The number of nitrogens with zero attached hydrogens (tertiary/aromatic N) is 4. The van der Waals surface area contributed by atoms with Crippen LogP contribution in [0.3, 0.4) is 0 Å². The van der Waals surface area contributed by atoms with Crippen molar-refractivity contribution in [2.75, 3.05) is 13.1 Å². The van der Waals surface area contributed by atoms with Crippen molar-refractivity contribution in [2.45, 2.75) is 58.6 Å². The number of halogens is 1. The first-order chi connectivity index (χ1) is 17.2. The second kappa shape index (κ2) is 9.74. The van der Waals surface area contributed by atoms with E-state index >= 15 is 0 Å². The van der Waals surface area contributed by atoms with Crippen LogP contribution in [-0.2, 0) is 11.3 Å². The maximum Gasteiger partial charge on any atom is 0.410 e. The van der Waals surface area contributed by atoms with Crippen LogP contribution in [0, 0.1) is 12.8 Å². The van der Waals surface area contributed by atoms with Gasteiger partial charge in [-0.25, -0.2) is 9.78 Å². The highest BCUT2D eigenvalue weighted by Crippen LogP contribution is 2.45. The summed E-state index contributed by atoms with van der Waals surface area (Å²) in [5.41, 5.74) is 5.33. The molecule has 1 aliphatic carbocycles. The lowest BCUT2D eigenvalue weighted by atomic mass is 9.76. The van der Waals surface area contributed by atoms with E-state index in [1.54, 1.807) is 0 Å². The summed E-state index contributed by atoms with van der Waals surface area (Å²) in [6.45, 7) is 9.80. The van der Waals surface area contributed by atoms with E-state index < -0.39 is 5.60 Å². The Labute approximate surface area is 218 Å². The van der Waals surface area contributed by atoms with E-state index in [1.807, 2.05) is 63.3 Å². The molecule has 1 atom stereocenters. The zero-order valence-electron chi connectivity index (χ0n) is 21.4. The van der Waals surface area contributed by atoms with Gasteiger partial charge in [-0.2, -0.15) is 0 Å². The summed E-state index contributed by atoms with van der Waals surface area (Å²) < 4.78 is 7.78. The molecule has 5 rings (SSSR count). The SMILES string of the molecule is Cc1nccn1CC1=Cc2cccnc2C(C2CCN(C(=O)OC(C)(C)C)CC2)c2ccc(Cl)cc21. The Morgan fingerprint density at radius 2 is 1.92 bits per heavy atom. The van der Waals surface area contributed by atoms with Gasteiger partial charge in [-0.05, 0) is 93.0 Å². The van der Waals surface area contributed by atoms with Crippen LogP contribution >= 0.6 is 11.6 Å². The van der Waals surface area contributed by atoms with E-state index in [2.05, 4.69) is 33.8 Å². The van der Waals surface area contributed by atoms with E-state index in [9.17, 15) is 4.79 Å². The van der Waals surface area contributed by atoms with Crippen LogP contribution in [0.1, 0.15) is 67.7 Å². The number of aromatic nitrogens is 3. The predicted molar refractivity (Wildman–Crippen MR) is 143 cm³/mol. The number of carbonyl (C=O) groups excluding carboxylic acids is 1. The van der Waals surface area contributed by atoms with Gasteiger partial charge in [0.25, 0.3) is 0 Å². The van der Waals surface area contributed by atoms with Crippen molar-refractivity contribution >= 4 is 29.3 Å². The standard InChI is InChI=1S/C29H33ClN4O2/c1-19-31-12-15-34(19)18-22-16-21-6-5-11-32-27(21)26(24-8-7-23(30)17-25(22)24)20-9-13-33(14-10-20)28(35)36-29(2,3)4/h5-8,11-12,15-17,20,26H,9-10,13-14,18H2,1-4H3. The minimum absolute atomic E-state index is 0.117. The lowest BCUT2D eigenvalue weighted by molar-refractivity contribution is 0.0178. The number of imidazole rings is 1. The van der Waals surface area contributed by atoms with E-state index in [-0.39, 0.29) is 12.0 Å². The average Bonchev–Trinajstić information content (AvgIpc) is 3.18. The molecule has 1 fully saturated rings. The number of aryl methyl sites for hydroxylation is 1. The second-order valence-corrected chi connectivity index (χ2v) is 11.2. The normalized spacial score (nSPS) is 18.2. The highest BCUT2D eigenvalue weighted by molar-refractivity contribution is 6.30. The molecule has 0 saturated carbocycles. The summed E-state index contributed by atoms with van der Waals surface area (Å²) >= 11 is 6.54. The highest BCUT2D eigenvalue weighted by Gasteiger charge is 2.36. The number of benzene rings is 1. The first kappa shape index (κ1) is 24.6. The third kappa shape index (κ3) is 5.05. The molecule has 2 aromatic heterocycles. The summed E-state index contributed by atoms with van der Waals surface area (Å²) in [4.78, 5) is 23.8. The van der Waals surface area contributed by atoms with E-state index in [4.69, 9.17) is 21.3 Å². The van der Waals surface area contributed by atoms with Gasteiger partial charge in [0.05, 0.1) is 5.69 Å². The van der Waals surface area contributed by atoms with E-state index in [0.29, 0.717) is 25.6 Å². The zero-order valence-corrected chi connectivity index (χ0v) is 22.1. The van der Waals surface area contributed by atoms with Gasteiger partial charge < -0.3 is 14.2 Å². The second-order valence-electron chi connectivity index (χ2n) is 10.8. The monoisotopic (exact) mass is 504 g/mol. The van der Waals surface area contributed by atoms with E-state index in [1.165, 1.54) is 11.1 Å². The van der Waals surface area contributed by atoms with Gasteiger partial charge in [0.15, 0.2) is 0 Å². The van der Waals surface area contributed by atoms with Crippen molar-refractivity contribution in [3.8, 4) is 0 Å². The van der Waals surface area contributed by atoms with Gasteiger partial charge >= 0.3 is 6.09 Å². The summed E-state index contributed by atoms with van der Waals surface area (Å²) in [7, 11) is 0. The Balaban J connectivity index is 1.50. The average molecular weight is 505 g/mol. The molecule has 3 aromatic rings. The zero-order chi connectivity index (χ0) is 25.4. The van der Waals surface area contributed by atoms with Crippen molar-refractivity contribution in [1.82, 2.24) is 19.4 Å². The van der Waals surface area contributed by atoms with Crippen LogP contribution in [0.4, 0.5) is 4.79 Å². The van der Waals surface area contributed by atoms with Gasteiger partial charge in [-0.3, -0.25) is 4.98 Å². The van der Waals surface area contributed by atoms with Crippen LogP contribution in [0.2, 0.25) is 5.02 Å². The number of hydrogen-bond donors (Lipinski definition) is 0. The van der Waals surface area contributed by atoms with Crippen LogP contribution < -0.4 is 0 Å². The predicted octanol–water partition coefficient (Wildman–Crippen LogP) is 6.57. The smallest absolute Gasteiger partial charge is 0.410 e. The summed E-state index contributed by atoms with van der Waals surface area (Å²) in [5, 5.41) is 0.722. The van der Waals surface area contributed by atoms with Gasteiger partial charge in [0, 0.05) is 49.2 Å². The number of hydrogen-bond acceptors (Lipinski definition) is 4. The number of allylic oxidation sites excluding steroid dienone is 1. The maximum atomic E-state index is 12.7. The highest BCUT2D eigenvalue weighted by atomic mass is 35.5. The molecule has 188 valence electrons. The summed E-state index contributed by atoms with van der Waals surface area (Å²) in [6.07, 6.45) is 9.53. The Bertz CT molecular complexity index is 1300. The minimum Gasteiger partial charge on any atom is -0.444 e. The third-order valence-corrected chi connectivity index (χ3v) is 7.35. The van der Waals surface area contributed by atoms with Crippen molar-refractivity contribution in [2.24, 2.45) is 5.92 Å². The van der Waals surface area contributed by atoms with Gasteiger partial charge in [0.1, 0.15) is 11.4 Å². The Hall–Kier alpha value is -3.12. The molecule has 1 unspecified atom stereocenters. The molecule has 1 saturated heterocycles. The lowest BCUT2D eigenvalue weighted by Gasteiger charge is -2.37. The third-order valence-electron chi connectivity index (χ3n) is 7.12. The number of amides is 1. The molecule has 0 N–H and O–H groups in total. The van der Waals surface area contributed by atoms with E-state index in [0.717, 1.165) is 40.5 Å². The lowest BCUT2D eigenvalue weighted by Crippen LogP contribution is -2.42. The van der Waals surface area contributed by atoms with Crippen molar-refractivity contribution < 1.29 is 9.53 Å². The quantitative estimate of drug-likeness (QED) is 0.404. The van der Waals surface area contributed by atoms with Gasteiger partial charge in [-0.1, -0.05) is 23.7 Å². The maximum absolute atomic E-state index is 12.7. The number of pyridine rings is 1. The number of fused-ring (bicyclic) bond motifs is 2. The molecule has 0 bridgehead atoms. The molecular formula is C29H33ClN4O2. The summed E-state index contributed by atoms with van der Waals surface area (Å²) in [5.74, 6) is 1.44. The van der Waals surface area contributed by atoms with Gasteiger partial charge in [0.2, 0.25) is 0 Å². The molecule has 1 aromatic carbocycles. The summed E-state index contributed by atoms with van der Waals surface area (Å²) in [6, 6.07) is 10.4. The molecule has 3 heterocycles. The molecule has 36 heavy (non-hydrogen) atoms. The molecule has 1 amide bonds. The molecule has 0 radical (unpaired) electrons. The van der Waals surface area contributed by atoms with Crippen LogP contribution in [0.15, 0.2) is 48.9 Å². The largest absolute Gasteiger partial charge is 0.444 e. The van der Waals surface area contributed by atoms with Gasteiger partial charge in [-0.15, -0.1) is 0 Å². The number of piperidine rings is 1. The fraction of sp³-hybridized carbons (Fsp3) is 0.414. The number of carbonyl (C=O) groups is 1. The van der Waals surface area contributed by atoms with Crippen molar-refractivity contribution in [1.29, 1.82) is 0 Å². The number of rotatable bonds is 3. The Kier molecular flexibility index (Phi) is 6.64. The van der Waals surface area contributed by atoms with Crippen LogP contribution in [0.5, 0.6) is 0 Å². The van der Waals surface area contributed by atoms with Crippen molar-refractivity contribution in [3.63, 3.8) is 0 Å². The molecule has 2 aliphatic rings. The molecule has 1 aliphatic heterocycles.